The van der Waals surface area contributed by atoms with Gasteiger partial charge in [-0.25, -0.2) is 0 Å². The van der Waals surface area contributed by atoms with Crippen LogP contribution in [0.25, 0.3) is 0 Å². The lowest BCUT2D eigenvalue weighted by molar-refractivity contribution is -0.121. The van der Waals surface area contributed by atoms with Gasteiger partial charge in [0, 0.05) is 12.2 Å². The third-order valence-corrected chi connectivity index (χ3v) is 2.25. The van der Waals surface area contributed by atoms with Gasteiger partial charge in [0.2, 0.25) is 5.91 Å². The summed E-state index contributed by atoms with van der Waals surface area (Å²) in [5.41, 5.74) is 0. The Hall–Kier alpha value is -1.65. The molecule has 5 nitrogen and oxygen atoms in total. The van der Waals surface area contributed by atoms with E-state index in [1.165, 1.54) is 0 Å². The third-order valence-electron chi connectivity index (χ3n) is 2.25. The predicted molar refractivity (Wildman–Crippen MR) is 56.3 cm³/mol. The van der Waals surface area contributed by atoms with E-state index in [2.05, 4.69) is 20.8 Å². The van der Waals surface area contributed by atoms with E-state index in [0.29, 0.717) is 11.9 Å². The molecule has 2 rings (SSSR count). The maximum absolute atomic E-state index is 11.6. The summed E-state index contributed by atoms with van der Waals surface area (Å²) >= 11 is 0. The summed E-state index contributed by atoms with van der Waals surface area (Å²) in [5.74, 6) is 0.638. The lowest BCUT2D eigenvalue weighted by Crippen LogP contribution is -2.38. The molecule has 1 fully saturated rings. The van der Waals surface area contributed by atoms with Gasteiger partial charge in [-0.1, -0.05) is 0 Å². The van der Waals surface area contributed by atoms with Crippen molar-refractivity contribution >= 4 is 11.7 Å². The summed E-state index contributed by atoms with van der Waals surface area (Å²) in [5, 5.41) is 13.5. The first-order chi connectivity index (χ1) is 7.25. The van der Waals surface area contributed by atoms with Crippen LogP contribution in [0.2, 0.25) is 0 Å². The van der Waals surface area contributed by atoms with Gasteiger partial charge in [0.15, 0.2) is 0 Å². The van der Waals surface area contributed by atoms with E-state index in [4.69, 9.17) is 0 Å². The Morgan fingerprint density at radius 2 is 2.40 bits per heavy atom. The summed E-state index contributed by atoms with van der Waals surface area (Å²) in [7, 11) is 0. The maximum atomic E-state index is 11.6. The highest BCUT2D eigenvalue weighted by atomic mass is 16.2. The molecule has 0 aromatic carbocycles. The van der Waals surface area contributed by atoms with Gasteiger partial charge < -0.3 is 10.6 Å². The van der Waals surface area contributed by atoms with Gasteiger partial charge in [0.05, 0.1) is 0 Å². The molecule has 80 valence electrons. The van der Waals surface area contributed by atoms with Gasteiger partial charge in [-0.3, -0.25) is 4.79 Å². The van der Waals surface area contributed by atoms with Gasteiger partial charge in [-0.05, 0) is 31.9 Å². The van der Waals surface area contributed by atoms with Crippen LogP contribution in [0, 0.1) is 0 Å². The zero-order valence-electron chi connectivity index (χ0n) is 8.60. The number of nitrogens with zero attached hydrogens (tertiary/aromatic N) is 2. The Morgan fingerprint density at radius 3 is 3.00 bits per heavy atom. The number of carbonyl (C=O) groups is 1. The van der Waals surface area contributed by atoms with Crippen molar-refractivity contribution in [1.29, 1.82) is 0 Å². The molecule has 1 aromatic heterocycles. The van der Waals surface area contributed by atoms with Crippen LogP contribution in [-0.2, 0) is 4.79 Å². The summed E-state index contributed by atoms with van der Waals surface area (Å²) in [6.45, 7) is 1.81. The van der Waals surface area contributed by atoms with E-state index >= 15 is 0 Å². The summed E-state index contributed by atoms with van der Waals surface area (Å²) < 4.78 is 0. The molecule has 15 heavy (non-hydrogen) atoms. The van der Waals surface area contributed by atoms with Crippen molar-refractivity contribution in [2.45, 2.75) is 31.8 Å². The first-order valence-corrected chi connectivity index (χ1v) is 5.10. The van der Waals surface area contributed by atoms with Crippen LogP contribution in [0.3, 0.4) is 0 Å². The van der Waals surface area contributed by atoms with Gasteiger partial charge in [-0.15, -0.1) is 5.10 Å². The predicted octanol–water partition coefficient (Wildman–Crippen LogP) is 0.556. The van der Waals surface area contributed by atoms with Crippen LogP contribution in [-0.4, -0.2) is 28.2 Å². The number of hydrogen-bond donors (Lipinski definition) is 2. The van der Waals surface area contributed by atoms with Crippen molar-refractivity contribution in [2.24, 2.45) is 0 Å². The Balaban J connectivity index is 1.85. The highest BCUT2D eigenvalue weighted by Crippen LogP contribution is 2.18. The Morgan fingerprint density at radius 1 is 1.60 bits per heavy atom. The Labute approximate surface area is 88.3 Å². The average molecular weight is 206 g/mol. The molecule has 1 aromatic rings. The van der Waals surface area contributed by atoms with Crippen molar-refractivity contribution in [1.82, 2.24) is 15.5 Å². The van der Waals surface area contributed by atoms with Crippen molar-refractivity contribution in [2.75, 3.05) is 5.32 Å². The van der Waals surface area contributed by atoms with Gasteiger partial charge in [0.1, 0.15) is 11.9 Å². The molecule has 0 spiro atoms. The molecule has 2 N–H and O–H groups in total. The minimum absolute atomic E-state index is 0.0168. The van der Waals surface area contributed by atoms with E-state index in [0.717, 1.165) is 12.8 Å². The number of rotatable bonds is 4. The first-order valence-electron chi connectivity index (χ1n) is 5.10. The van der Waals surface area contributed by atoms with Crippen molar-refractivity contribution in [3.05, 3.63) is 18.3 Å². The van der Waals surface area contributed by atoms with E-state index in [-0.39, 0.29) is 11.9 Å². The topological polar surface area (TPSA) is 66.9 Å². The second kappa shape index (κ2) is 4.25. The largest absolute Gasteiger partial charge is 0.357 e. The molecular formula is C10H14N4O. The lowest BCUT2D eigenvalue weighted by atomic mass is 10.3. The van der Waals surface area contributed by atoms with E-state index < -0.39 is 0 Å². The molecule has 0 aliphatic heterocycles. The number of anilines is 1. The molecule has 1 unspecified atom stereocenters. The summed E-state index contributed by atoms with van der Waals surface area (Å²) in [6, 6.07) is 3.68. The molecule has 0 bridgehead atoms. The van der Waals surface area contributed by atoms with Crippen molar-refractivity contribution in [3.63, 3.8) is 0 Å². The van der Waals surface area contributed by atoms with E-state index in [9.17, 15) is 4.79 Å². The quantitative estimate of drug-likeness (QED) is 0.755. The van der Waals surface area contributed by atoms with Crippen molar-refractivity contribution in [3.8, 4) is 0 Å². The smallest absolute Gasteiger partial charge is 0.242 e. The highest BCUT2D eigenvalue weighted by Gasteiger charge is 2.25. The maximum Gasteiger partial charge on any atom is 0.242 e. The average Bonchev–Trinajstić information content (AvgIpc) is 3.03. The van der Waals surface area contributed by atoms with Crippen molar-refractivity contribution < 1.29 is 4.79 Å². The van der Waals surface area contributed by atoms with Crippen LogP contribution in [0.4, 0.5) is 5.82 Å². The normalized spacial score (nSPS) is 16.9. The van der Waals surface area contributed by atoms with E-state index in [1.807, 2.05) is 6.92 Å². The highest BCUT2D eigenvalue weighted by molar-refractivity contribution is 5.84. The van der Waals surface area contributed by atoms with Gasteiger partial charge in [0.25, 0.3) is 0 Å². The van der Waals surface area contributed by atoms with Crippen LogP contribution >= 0.6 is 0 Å². The second-order valence-corrected chi connectivity index (χ2v) is 3.76. The lowest BCUT2D eigenvalue weighted by Gasteiger charge is -2.13. The van der Waals surface area contributed by atoms with Crippen LogP contribution in [0.15, 0.2) is 18.3 Å². The van der Waals surface area contributed by atoms with Gasteiger partial charge >= 0.3 is 0 Å². The summed E-state index contributed by atoms with van der Waals surface area (Å²) in [6.07, 6.45) is 3.80. The molecule has 1 amide bonds. The van der Waals surface area contributed by atoms with E-state index in [1.54, 1.807) is 18.3 Å². The fourth-order valence-electron chi connectivity index (χ4n) is 1.22. The number of nitrogens with one attached hydrogen (secondary N) is 2. The standard InChI is InChI=1S/C10H14N4O/c1-7(10(15)13-8-4-5-8)12-9-3-2-6-11-14-9/h2-3,6-8H,4-5H2,1H3,(H,12,14)(H,13,15). The third kappa shape index (κ3) is 2.90. The number of aromatic nitrogens is 2. The van der Waals surface area contributed by atoms with Crippen LogP contribution < -0.4 is 10.6 Å². The Bertz CT molecular complexity index is 337. The minimum Gasteiger partial charge on any atom is -0.357 e. The molecule has 1 heterocycles. The van der Waals surface area contributed by atoms with Crippen LogP contribution in [0.1, 0.15) is 19.8 Å². The fourth-order valence-corrected chi connectivity index (χ4v) is 1.22. The summed E-state index contributed by atoms with van der Waals surface area (Å²) in [4.78, 5) is 11.6. The molecule has 0 radical (unpaired) electrons. The molecular weight excluding hydrogens is 192 g/mol. The minimum atomic E-state index is -0.276. The second-order valence-electron chi connectivity index (χ2n) is 3.76. The molecule has 1 aliphatic carbocycles. The number of amides is 1. The Kier molecular flexibility index (Phi) is 2.80. The molecule has 1 atom stereocenters. The first kappa shape index (κ1) is 9.89. The molecule has 1 saturated carbocycles. The monoisotopic (exact) mass is 206 g/mol. The zero-order chi connectivity index (χ0) is 10.7. The fraction of sp³-hybridized carbons (Fsp3) is 0.500. The SMILES string of the molecule is CC(Nc1cccnn1)C(=O)NC1CC1. The number of carbonyl (C=O) groups excluding carboxylic acids is 1. The zero-order valence-corrected chi connectivity index (χ0v) is 8.60. The van der Waals surface area contributed by atoms with Crippen LogP contribution in [0.5, 0.6) is 0 Å². The molecule has 1 aliphatic rings. The van der Waals surface area contributed by atoms with Gasteiger partial charge in [-0.2, -0.15) is 5.10 Å². The number of hydrogen-bond acceptors (Lipinski definition) is 4. The molecule has 5 heteroatoms. The molecule has 0 saturated heterocycles.